The Morgan fingerprint density at radius 2 is 1.76 bits per heavy atom. The number of nitrogens with two attached hydrogens (primary N) is 1. The van der Waals surface area contributed by atoms with E-state index in [0.717, 1.165) is 12.3 Å². The maximum Gasteiger partial charge on any atom is 0.235 e. The Morgan fingerprint density at radius 1 is 1.03 bits per heavy atom. The fourth-order valence-electron chi connectivity index (χ4n) is 3.97. The topological polar surface area (TPSA) is 98.2 Å². The van der Waals surface area contributed by atoms with E-state index in [-0.39, 0.29) is 34.9 Å². The van der Waals surface area contributed by atoms with Gasteiger partial charge >= 0.3 is 0 Å². The molecule has 0 saturated carbocycles. The van der Waals surface area contributed by atoms with Gasteiger partial charge in [-0.3, -0.25) is 9.20 Å². The number of hydrogen-bond donors (Lipinski definition) is 2. The van der Waals surface area contributed by atoms with Crippen LogP contribution in [0.15, 0.2) is 30.5 Å². The van der Waals surface area contributed by atoms with Crippen LogP contribution < -0.4 is 11.1 Å². The Hall–Kier alpha value is -4.02. The first kappa shape index (κ1) is 20.9. The molecule has 7 nitrogen and oxygen atoms in total. The average molecular weight is 456 g/mol. The number of carbonyl (C=O) groups is 1. The minimum absolute atomic E-state index is 0.0231. The Kier molecular flexibility index (Phi) is 4.42. The van der Waals surface area contributed by atoms with E-state index >= 15 is 0 Å². The first-order valence-electron chi connectivity index (χ1n) is 9.86. The zero-order valence-corrected chi connectivity index (χ0v) is 17.4. The molecule has 168 valence electrons. The Morgan fingerprint density at radius 3 is 2.52 bits per heavy atom. The maximum absolute atomic E-state index is 14.3. The normalized spacial score (nSPS) is 14.5. The van der Waals surface area contributed by atoms with E-state index in [1.807, 2.05) is 0 Å². The highest BCUT2D eigenvalue weighted by atomic mass is 19.2. The fourth-order valence-corrected chi connectivity index (χ4v) is 3.97. The van der Waals surface area contributed by atoms with Gasteiger partial charge in [-0.15, -0.1) is 0 Å². The van der Waals surface area contributed by atoms with Gasteiger partial charge in [0.15, 0.2) is 17.5 Å². The van der Waals surface area contributed by atoms with Crippen LogP contribution >= 0.6 is 0 Å². The summed E-state index contributed by atoms with van der Waals surface area (Å²) in [5.74, 6) is -4.13. The number of hydrogen-bond acceptors (Lipinski definition) is 5. The van der Waals surface area contributed by atoms with Crippen LogP contribution in [-0.4, -0.2) is 25.3 Å². The van der Waals surface area contributed by atoms with Crippen molar-refractivity contribution < 1.29 is 22.4 Å². The number of anilines is 2. The number of nitrogens with zero attached hydrogens (tertiary/aromatic N) is 4. The van der Waals surface area contributed by atoms with Gasteiger partial charge < -0.3 is 11.1 Å². The summed E-state index contributed by atoms with van der Waals surface area (Å²) in [4.78, 5) is 25.3. The summed E-state index contributed by atoms with van der Waals surface area (Å²) in [6.07, 6.45) is 0.613. The number of nitrogen functional groups attached to an aromatic ring is 1. The Labute approximate surface area is 184 Å². The second-order valence-corrected chi connectivity index (χ2v) is 8.21. The van der Waals surface area contributed by atoms with Crippen molar-refractivity contribution in [2.75, 3.05) is 11.1 Å². The summed E-state index contributed by atoms with van der Waals surface area (Å²) in [6.45, 7) is 3.37. The molecule has 0 radical (unpaired) electrons. The van der Waals surface area contributed by atoms with E-state index in [0.29, 0.717) is 17.1 Å². The second-order valence-electron chi connectivity index (χ2n) is 8.21. The molecule has 4 heterocycles. The van der Waals surface area contributed by atoms with E-state index in [4.69, 9.17) is 5.73 Å². The van der Waals surface area contributed by atoms with Crippen LogP contribution in [0.4, 0.5) is 29.2 Å². The number of benzene rings is 1. The highest BCUT2D eigenvalue weighted by molar-refractivity contribution is 6.06. The predicted molar refractivity (Wildman–Crippen MR) is 111 cm³/mol. The van der Waals surface area contributed by atoms with Crippen LogP contribution in [0.1, 0.15) is 30.8 Å². The van der Waals surface area contributed by atoms with E-state index in [2.05, 4.69) is 20.3 Å². The number of aromatic nitrogens is 4. The number of imidazole rings is 1. The van der Waals surface area contributed by atoms with E-state index < -0.39 is 40.7 Å². The smallest absolute Gasteiger partial charge is 0.235 e. The quantitative estimate of drug-likeness (QED) is 0.362. The number of halogens is 4. The van der Waals surface area contributed by atoms with Gasteiger partial charge in [-0.1, -0.05) is 0 Å². The molecule has 1 aliphatic heterocycles. The monoisotopic (exact) mass is 456 g/mol. The van der Waals surface area contributed by atoms with Crippen LogP contribution in [0.5, 0.6) is 0 Å². The van der Waals surface area contributed by atoms with Crippen LogP contribution in [0, 0.1) is 23.3 Å². The van der Waals surface area contributed by atoms with Crippen molar-refractivity contribution in [3.05, 3.63) is 70.7 Å². The summed E-state index contributed by atoms with van der Waals surface area (Å²) >= 11 is 0. The van der Waals surface area contributed by atoms with Gasteiger partial charge in [-0.05, 0) is 38.1 Å². The van der Waals surface area contributed by atoms with Crippen molar-refractivity contribution in [1.29, 1.82) is 0 Å². The molecule has 0 fully saturated rings. The molecule has 0 unspecified atom stereocenters. The average Bonchev–Trinajstić information content (AvgIpc) is 3.22. The molecule has 0 bridgehead atoms. The minimum atomic E-state index is -1.35. The van der Waals surface area contributed by atoms with Crippen molar-refractivity contribution in [3.63, 3.8) is 0 Å². The van der Waals surface area contributed by atoms with Crippen molar-refractivity contribution in [2.45, 2.75) is 25.7 Å². The molecule has 11 heteroatoms. The Balaban J connectivity index is 1.70. The van der Waals surface area contributed by atoms with E-state index in [1.54, 1.807) is 13.8 Å². The molecule has 5 rings (SSSR count). The summed E-state index contributed by atoms with van der Waals surface area (Å²) < 4.78 is 57.5. The van der Waals surface area contributed by atoms with Gasteiger partial charge in [0.2, 0.25) is 5.91 Å². The zero-order chi connectivity index (χ0) is 23.7. The molecule has 0 saturated heterocycles. The number of carbonyl (C=O) groups excluding carboxylic acids is 1. The lowest BCUT2D eigenvalue weighted by Crippen LogP contribution is -2.27. The SMILES string of the molecule is CC1(C)C(=O)Nc2nc(-c3nc(Cc4c(F)ccc(F)c4F)n4cc(F)ccc34)nc(N)c21. The molecule has 1 aromatic carbocycles. The highest BCUT2D eigenvalue weighted by Gasteiger charge is 2.42. The number of amides is 1. The zero-order valence-electron chi connectivity index (χ0n) is 17.4. The first-order chi connectivity index (χ1) is 15.6. The largest absolute Gasteiger partial charge is 0.383 e. The lowest BCUT2D eigenvalue weighted by atomic mass is 9.87. The summed E-state index contributed by atoms with van der Waals surface area (Å²) in [6, 6.07) is 4.06. The molecule has 3 N–H and O–H groups in total. The van der Waals surface area contributed by atoms with Gasteiger partial charge in [-0.2, -0.15) is 0 Å². The maximum atomic E-state index is 14.3. The van der Waals surface area contributed by atoms with Gasteiger partial charge in [0.25, 0.3) is 0 Å². The Bertz CT molecular complexity index is 1480. The number of fused-ring (bicyclic) bond motifs is 2. The number of nitrogens with one attached hydrogen (secondary N) is 1. The third-order valence-electron chi connectivity index (χ3n) is 5.72. The van der Waals surface area contributed by atoms with Crippen molar-refractivity contribution >= 4 is 23.1 Å². The molecule has 1 aliphatic rings. The third-order valence-corrected chi connectivity index (χ3v) is 5.72. The molecular weight excluding hydrogens is 440 g/mol. The lowest BCUT2D eigenvalue weighted by molar-refractivity contribution is -0.119. The summed E-state index contributed by atoms with van der Waals surface area (Å²) in [7, 11) is 0. The van der Waals surface area contributed by atoms with Crippen molar-refractivity contribution in [3.8, 4) is 11.5 Å². The standard InChI is InChI=1S/C22H16F4N6O/c1-22(2)15-18(27)29-20(30-19(15)31-21(22)33)17-13-6-3-9(23)8-32(13)14(28-17)7-10-11(24)4-5-12(25)16(10)26/h3-6,8H,7H2,1-2H3,(H3,27,29,30,31,33). The van der Waals surface area contributed by atoms with E-state index in [9.17, 15) is 22.4 Å². The molecule has 3 aromatic heterocycles. The second kappa shape index (κ2) is 6.99. The molecule has 0 aliphatic carbocycles. The fraction of sp³-hybridized carbons (Fsp3) is 0.182. The van der Waals surface area contributed by atoms with Crippen molar-refractivity contribution in [1.82, 2.24) is 19.4 Å². The lowest BCUT2D eigenvalue weighted by Gasteiger charge is -2.16. The molecule has 4 aromatic rings. The molecule has 1 amide bonds. The van der Waals surface area contributed by atoms with Gasteiger partial charge in [0.1, 0.15) is 34.8 Å². The predicted octanol–water partition coefficient (Wildman–Crippen LogP) is 3.75. The van der Waals surface area contributed by atoms with E-state index in [1.165, 1.54) is 16.5 Å². The van der Waals surface area contributed by atoms with Crippen LogP contribution in [0.2, 0.25) is 0 Å². The number of rotatable bonds is 3. The third kappa shape index (κ3) is 3.11. The van der Waals surface area contributed by atoms with Gasteiger partial charge in [0.05, 0.1) is 16.5 Å². The molecule has 33 heavy (non-hydrogen) atoms. The molecule has 0 atom stereocenters. The van der Waals surface area contributed by atoms with Crippen LogP contribution in [0.25, 0.3) is 17.0 Å². The molecule has 0 spiro atoms. The van der Waals surface area contributed by atoms with Gasteiger partial charge in [0, 0.05) is 18.2 Å². The summed E-state index contributed by atoms with van der Waals surface area (Å²) in [5.41, 5.74) is 5.55. The van der Waals surface area contributed by atoms with Crippen molar-refractivity contribution in [2.24, 2.45) is 0 Å². The van der Waals surface area contributed by atoms with Crippen LogP contribution in [-0.2, 0) is 16.6 Å². The molecular formula is C22H16F4N6O. The minimum Gasteiger partial charge on any atom is -0.383 e. The van der Waals surface area contributed by atoms with Gasteiger partial charge in [-0.25, -0.2) is 32.5 Å². The number of pyridine rings is 1. The highest BCUT2D eigenvalue weighted by Crippen LogP contribution is 2.40. The van der Waals surface area contributed by atoms with Crippen LogP contribution in [0.3, 0.4) is 0 Å². The summed E-state index contributed by atoms with van der Waals surface area (Å²) in [5, 5.41) is 2.66. The first-order valence-corrected chi connectivity index (χ1v) is 9.86.